The molecule has 0 spiro atoms. The number of carbonyl (C=O) groups excluding carboxylic acids is 1. The number of rotatable bonds is 9. The molecule has 9 nitrogen and oxygen atoms in total. The lowest BCUT2D eigenvalue weighted by molar-refractivity contribution is -0.385. The summed E-state index contributed by atoms with van der Waals surface area (Å²) >= 11 is 0. The van der Waals surface area contributed by atoms with Gasteiger partial charge in [-0.1, -0.05) is 13.0 Å². The van der Waals surface area contributed by atoms with Gasteiger partial charge < -0.3 is 10.1 Å². The van der Waals surface area contributed by atoms with Crippen LogP contribution in [0, 0.1) is 17.0 Å². The van der Waals surface area contributed by atoms with Crippen molar-refractivity contribution in [1.82, 2.24) is 5.32 Å². The van der Waals surface area contributed by atoms with Gasteiger partial charge in [-0.25, -0.2) is 8.42 Å². The zero-order chi connectivity index (χ0) is 22.5. The zero-order valence-corrected chi connectivity index (χ0v) is 18.1. The number of nitrogens with zero attached hydrogens (tertiary/aromatic N) is 2. The van der Waals surface area contributed by atoms with E-state index < -0.39 is 27.4 Å². The van der Waals surface area contributed by atoms with Gasteiger partial charge >= 0.3 is 0 Å². The van der Waals surface area contributed by atoms with Gasteiger partial charge in [0.1, 0.15) is 12.3 Å². The first-order valence-electron chi connectivity index (χ1n) is 9.31. The lowest BCUT2D eigenvalue weighted by atomic mass is 10.2. The van der Waals surface area contributed by atoms with E-state index in [2.05, 4.69) is 5.32 Å². The number of ether oxygens (including phenoxy) is 1. The molecule has 0 aliphatic carbocycles. The fraction of sp³-hybridized carbons (Fsp3) is 0.350. The van der Waals surface area contributed by atoms with E-state index in [0.717, 1.165) is 10.4 Å². The number of anilines is 1. The molecule has 1 atom stereocenters. The third-order valence-corrected chi connectivity index (χ3v) is 6.40. The van der Waals surface area contributed by atoms with Crippen LogP contribution in [0.4, 0.5) is 11.4 Å². The topological polar surface area (TPSA) is 119 Å². The van der Waals surface area contributed by atoms with Gasteiger partial charge in [0, 0.05) is 17.7 Å². The molecule has 0 bridgehead atoms. The molecule has 1 unspecified atom stereocenters. The zero-order valence-electron chi connectivity index (χ0n) is 17.3. The highest BCUT2D eigenvalue weighted by atomic mass is 32.2. The van der Waals surface area contributed by atoms with Gasteiger partial charge in [-0.05, 0) is 50.6 Å². The van der Waals surface area contributed by atoms with Crippen LogP contribution in [0.25, 0.3) is 0 Å². The molecule has 0 saturated heterocycles. The molecule has 2 rings (SSSR count). The minimum absolute atomic E-state index is 0.126. The third kappa shape index (κ3) is 5.26. The van der Waals surface area contributed by atoms with Gasteiger partial charge in [0.05, 0.1) is 22.6 Å². The van der Waals surface area contributed by atoms with E-state index in [1.54, 1.807) is 12.1 Å². The van der Waals surface area contributed by atoms with Crippen LogP contribution in [0.5, 0.6) is 5.75 Å². The van der Waals surface area contributed by atoms with Crippen LogP contribution in [-0.4, -0.2) is 38.9 Å². The first-order chi connectivity index (χ1) is 14.1. The predicted molar refractivity (Wildman–Crippen MR) is 113 cm³/mol. The van der Waals surface area contributed by atoms with Crippen molar-refractivity contribution < 1.29 is 22.9 Å². The number of nitro benzene ring substituents is 1. The van der Waals surface area contributed by atoms with E-state index in [1.165, 1.54) is 38.3 Å². The number of nitrogens with one attached hydrogen (secondary N) is 1. The van der Waals surface area contributed by atoms with E-state index in [9.17, 15) is 23.3 Å². The van der Waals surface area contributed by atoms with Crippen LogP contribution in [0.1, 0.15) is 25.8 Å². The van der Waals surface area contributed by atoms with Crippen molar-refractivity contribution in [2.45, 2.75) is 38.1 Å². The molecule has 0 aliphatic rings. The summed E-state index contributed by atoms with van der Waals surface area (Å²) in [5.41, 5.74) is 0.262. The maximum absolute atomic E-state index is 13.4. The predicted octanol–water partition coefficient (Wildman–Crippen LogP) is 3.02. The number of hydrogen-bond acceptors (Lipinski definition) is 6. The first-order valence-corrected chi connectivity index (χ1v) is 10.7. The second-order valence-corrected chi connectivity index (χ2v) is 8.65. The number of hydrogen-bond donors (Lipinski definition) is 1. The monoisotopic (exact) mass is 435 g/mol. The van der Waals surface area contributed by atoms with E-state index in [1.807, 2.05) is 13.8 Å². The Balaban J connectivity index is 2.52. The number of benzene rings is 2. The Morgan fingerprint density at radius 2 is 1.87 bits per heavy atom. The number of aryl methyl sites for hydroxylation is 1. The molecule has 2 aromatic carbocycles. The lowest BCUT2D eigenvalue weighted by Crippen LogP contribution is -2.43. The smallest absolute Gasteiger partial charge is 0.273 e. The molecule has 1 amide bonds. The van der Waals surface area contributed by atoms with Crippen LogP contribution >= 0.6 is 0 Å². The highest BCUT2D eigenvalue weighted by Crippen LogP contribution is 2.29. The summed E-state index contributed by atoms with van der Waals surface area (Å²) in [6.45, 7) is 4.76. The Hall–Kier alpha value is -3.14. The molecule has 162 valence electrons. The lowest BCUT2D eigenvalue weighted by Gasteiger charge is -2.25. The van der Waals surface area contributed by atoms with Crippen LogP contribution in [0.2, 0.25) is 0 Å². The SMILES string of the molecule is CCC(C)NC(=O)CN(c1ccc(OC)cc1)S(=O)(=O)c1ccc(C)c([N+](=O)[O-])c1. The Kier molecular flexibility index (Phi) is 7.38. The Morgan fingerprint density at radius 1 is 1.23 bits per heavy atom. The minimum Gasteiger partial charge on any atom is -0.497 e. The molecular formula is C20H25N3O6S. The maximum atomic E-state index is 13.4. The molecule has 0 fully saturated rings. The van der Waals surface area contributed by atoms with Crippen molar-refractivity contribution in [2.24, 2.45) is 0 Å². The number of carbonyl (C=O) groups is 1. The van der Waals surface area contributed by atoms with Crippen molar-refractivity contribution in [3.05, 3.63) is 58.1 Å². The number of nitro groups is 1. The molecule has 2 aromatic rings. The van der Waals surface area contributed by atoms with E-state index in [-0.39, 0.29) is 22.3 Å². The van der Waals surface area contributed by atoms with Gasteiger partial charge in [0.25, 0.3) is 15.7 Å². The Labute approximate surface area is 175 Å². The van der Waals surface area contributed by atoms with E-state index >= 15 is 0 Å². The van der Waals surface area contributed by atoms with Crippen LogP contribution < -0.4 is 14.4 Å². The molecule has 0 aliphatic heterocycles. The van der Waals surface area contributed by atoms with E-state index in [0.29, 0.717) is 17.7 Å². The Morgan fingerprint density at radius 3 is 2.40 bits per heavy atom. The Bertz CT molecular complexity index is 1020. The number of amides is 1. The molecule has 0 radical (unpaired) electrons. The fourth-order valence-corrected chi connectivity index (χ4v) is 4.13. The van der Waals surface area contributed by atoms with Crippen LogP contribution in [-0.2, 0) is 14.8 Å². The molecule has 0 aromatic heterocycles. The van der Waals surface area contributed by atoms with Crippen molar-refractivity contribution in [2.75, 3.05) is 18.0 Å². The second-order valence-electron chi connectivity index (χ2n) is 6.79. The van der Waals surface area contributed by atoms with Crippen molar-refractivity contribution in [3.63, 3.8) is 0 Å². The number of methoxy groups -OCH3 is 1. The number of sulfonamides is 1. The van der Waals surface area contributed by atoms with Gasteiger partial charge in [-0.2, -0.15) is 0 Å². The van der Waals surface area contributed by atoms with Crippen molar-refractivity contribution >= 4 is 27.3 Å². The van der Waals surface area contributed by atoms with Crippen LogP contribution in [0.15, 0.2) is 47.4 Å². The van der Waals surface area contributed by atoms with Gasteiger partial charge in [0.15, 0.2) is 0 Å². The van der Waals surface area contributed by atoms with E-state index in [4.69, 9.17) is 4.74 Å². The average molecular weight is 436 g/mol. The molecule has 1 N–H and O–H groups in total. The normalized spacial score (nSPS) is 12.1. The van der Waals surface area contributed by atoms with Gasteiger partial charge in [-0.3, -0.25) is 19.2 Å². The summed E-state index contributed by atoms with van der Waals surface area (Å²) in [5.74, 6) is 0.0384. The molecule has 0 heterocycles. The maximum Gasteiger partial charge on any atom is 0.273 e. The summed E-state index contributed by atoms with van der Waals surface area (Å²) in [6, 6.07) is 9.71. The molecule has 10 heteroatoms. The quantitative estimate of drug-likeness (QED) is 0.478. The third-order valence-electron chi connectivity index (χ3n) is 4.63. The summed E-state index contributed by atoms with van der Waals surface area (Å²) in [6.07, 6.45) is 0.686. The molecule has 30 heavy (non-hydrogen) atoms. The largest absolute Gasteiger partial charge is 0.497 e. The van der Waals surface area contributed by atoms with Crippen molar-refractivity contribution in [1.29, 1.82) is 0 Å². The first kappa shape index (κ1) is 23.1. The summed E-state index contributed by atoms with van der Waals surface area (Å²) in [5, 5.41) is 14.0. The fourth-order valence-electron chi connectivity index (χ4n) is 2.69. The average Bonchev–Trinajstić information content (AvgIpc) is 2.71. The van der Waals surface area contributed by atoms with Crippen molar-refractivity contribution in [3.8, 4) is 5.75 Å². The second kappa shape index (κ2) is 9.57. The highest BCUT2D eigenvalue weighted by Gasteiger charge is 2.29. The van der Waals surface area contributed by atoms with Crippen LogP contribution in [0.3, 0.4) is 0 Å². The summed E-state index contributed by atoms with van der Waals surface area (Å²) in [4.78, 5) is 22.8. The standard InChI is InChI=1S/C20H25N3O6S/c1-5-15(3)21-20(24)13-22(16-7-9-17(29-4)10-8-16)30(27,28)18-11-6-14(2)19(12-18)23(25)26/h6-12,15H,5,13H2,1-4H3,(H,21,24). The van der Waals surface area contributed by atoms with Gasteiger partial charge in [-0.15, -0.1) is 0 Å². The van der Waals surface area contributed by atoms with Gasteiger partial charge in [0.2, 0.25) is 5.91 Å². The summed E-state index contributed by atoms with van der Waals surface area (Å²) < 4.78 is 32.7. The summed E-state index contributed by atoms with van der Waals surface area (Å²) in [7, 11) is -2.78. The molecular weight excluding hydrogens is 410 g/mol. The highest BCUT2D eigenvalue weighted by molar-refractivity contribution is 7.92. The molecule has 0 saturated carbocycles. The minimum atomic E-state index is -4.26.